The molecule has 0 saturated heterocycles. The molecule has 4 rings (SSSR count). The number of amides is 1. The standard InChI is InChI=1S/C20H17N5O4/c1-12-10-21-19(28)25(12)16-9-5-4-8-15(16)22-17(26)11-24-18(27)13-6-2-3-7-14(13)23-20(24)29/h2-10H,11H2,1H3,(H,21,28)(H,22,26)(H,23,29). The number of imidazole rings is 1. The highest BCUT2D eigenvalue weighted by Gasteiger charge is 2.14. The molecule has 0 unspecified atom stereocenters. The smallest absolute Gasteiger partial charge is 0.323 e. The predicted molar refractivity (Wildman–Crippen MR) is 109 cm³/mol. The van der Waals surface area contributed by atoms with E-state index in [0.29, 0.717) is 28.0 Å². The molecule has 146 valence electrons. The van der Waals surface area contributed by atoms with Crippen molar-refractivity contribution in [3.05, 3.63) is 91.7 Å². The number of carbonyl (C=O) groups excluding carboxylic acids is 1. The van der Waals surface area contributed by atoms with E-state index in [9.17, 15) is 19.2 Å². The van der Waals surface area contributed by atoms with Crippen LogP contribution in [0.2, 0.25) is 0 Å². The molecule has 0 fully saturated rings. The SMILES string of the molecule is Cc1c[nH]c(=O)n1-c1ccccc1NC(=O)Cn1c(=O)[nH]c2ccccc2c1=O. The van der Waals surface area contributed by atoms with Crippen LogP contribution in [-0.2, 0) is 11.3 Å². The molecule has 0 spiro atoms. The summed E-state index contributed by atoms with van der Waals surface area (Å²) in [5, 5.41) is 2.99. The topological polar surface area (TPSA) is 122 Å². The molecule has 2 heterocycles. The Hall–Kier alpha value is -4.14. The highest BCUT2D eigenvalue weighted by atomic mass is 16.2. The van der Waals surface area contributed by atoms with Gasteiger partial charge in [-0.1, -0.05) is 24.3 Å². The van der Waals surface area contributed by atoms with Gasteiger partial charge in [0.05, 0.1) is 22.3 Å². The lowest BCUT2D eigenvalue weighted by atomic mass is 10.2. The van der Waals surface area contributed by atoms with E-state index in [4.69, 9.17) is 0 Å². The zero-order chi connectivity index (χ0) is 20.5. The first kappa shape index (κ1) is 18.2. The predicted octanol–water partition coefficient (Wildman–Crippen LogP) is 1.12. The average molecular weight is 391 g/mol. The first-order valence-corrected chi connectivity index (χ1v) is 8.84. The Labute approximate surface area is 163 Å². The molecule has 3 N–H and O–H groups in total. The van der Waals surface area contributed by atoms with Gasteiger partial charge in [-0.25, -0.2) is 9.59 Å². The summed E-state index contributed by atoms with van der Waals surface area (Å²) in [4.78, 5) is 54.7. The average Bonchev–Trinajstić information content (AvgIpc) is 3.04. The zero-order valence-corrected chi connectivity index (χ0v) is 15.4. The van der Waals surface area contributed by atoms with E-state index < -0.39 is 23.7 Å². The van der Waals surface area contributed by atoms with E-state index in [1.807, 2.05) is 0 Å². The fourth-order valence-electron chi connectivity index (χ4n) is 3.21. The highest BCUT2D eigenvalue weighted by molar-refractivity contribution is 5.93. The van der Waals surface area contributed by atoms with Crippen LogP contribution in [0.25, 0.3) is 16.6 Å². The summed E-state index contributed by atoms with van der Waals surface area (Å²) in [7, 11) is 0. The number of aromatic nitrogens is 4. The van der Waals surface area contributed by atoms with Gasteiger partial charge in [0.2, 0.25) is 5.91 Å². The second kappa shape index (κ2) is 7.12. The molecule has 29 heavy (non-hydrogen) atoms. The molecule has 4 aromatic rings. The number of benzene rings is 2. The lowest BCUT2D eigenvalue weighted by Gasteiger charge is -2.13. The number of hydrogen-bond donors (Lipinski definition) is 3. The Morgan fingerprint density at radius 3 is 2.48 bits per heavy atom. The summed E-state index contributed by atoms with van der Waals surface area (Å²) in [6.45, 7) is 1.29. The number of fused-ring (bicyclic) bond motifs is 1. The van der Waals surface area contributed by atoms with Crippen molar-refractivity contribution in [2.24, 2.45) is 0 Å². The van der Waals surface area contributed by atoms with Gasteiger partial charge < -0.3 is 15.3 Å². The number of H-pyrrole nitrogens is 2. The summed E-state index contributed by atoms with van der Waals surface area (Å²) >= 11 is 0. The summed E-state index contributed by atoms with van der Waals surface area (Å²) in [5.41, 5.74) is 0.370. The molecular weight excluding hydrogens is 374 g/mol. The van der Waals surface area contributed by atoms with E-state index in [0.717, 1.165) is 4.57 Å². The van der Waals surface area contributed by atoms with Gasteiger partial charge in [-0.3, -0.25) is 18.7 Å². The molecule has 0 aliphatic heterocycles. The number of nitrogens with one attached hydrogen (secondary N) is 3. The maximum atomic E-state index is 12.6. The number of carbonyl (C=O) groups is 1. The molecule has 0 aliphatic rings. The number of para-hydroxylation sites is 3. The molecule has 1 amide bonds. The van der Waals surface area contributed by atoms with Gasteiger partial charge in [0.25, 0.3) is 5.56 Å². The van der Waals surface area contributed by atoms with Gasteiger partial charge in [0, 0.05) is 11.9 Å². The highest BCUT2D eigenvalue weighted by Crippen LogP contribution is 2.19. The molecule has 0 aliphatic carbocycles. The minimum atomic E-state index is -0.671. The minimum absolute atomic E-state index is 0.315. The van der Waals surface area contributed by atoms with Gasteiger partial charge >= 0.3 is 11.4 Å². The monoisotopic (exact) mass is 391 g/mol. The quantitative estimate of drug-likeness (QED) is 0.482. The van der Waals surface area contributed by atoms with Crippen molar-refractivity contribution >= 4 is 22.5 Å². The molecule has 2 aromatic heterocycles. The van der Waals surface area contributed by atoms with Crippen LogP contribution in [0.4, 0.5) is 5.69 Å². The molecule has 0 radical (unpaired) electrons. The molecule has 2 aromatic carbocycles. The Bertz CT molecular complexity index is 1410. The number of rotatable bonds is 4. The molecule has 0 saturated carbocycles. The van der Waals surface area contributed by atoms with E-state index in [1.54, 1.807) is 61.7 Å². The van der Waals surface area contributed by atoms with Gasteiger partial charge in [0.15, 0.2) is 0 Å². The van der Waals surface area contributed by atoms with Crippen molar-refractivity contribution in [3.8, 4) is 5.69 Å². The van der Waals surface area contributed by atoms with Crippen LogP contribution < -0.4 is 22.3 Å². The van der Waals surface area contributed by atoms with Crippen molar-refractivity contribution in [1.29, 1.82) is 0 Å². The lowest BCUT2D eigenvalue weighted by molar-refractivity contribution is -0.116. The van der Waals surface area contributed by atoms with Crippen molar-refractivity contribution in [1.82, 2.24) is 19.1 Å². The number of aryl methyl sites for hydroxylation is 1. The van der Waals surface area contributed by atoms with Crippen molar-refractivity contribution in [3.63, 3.8) is 0 Å². The van der Waals surface area contributed by atoms with Crippen LogP contribution in [0.15, 0.2) is 69.1 Å². The largest absolute Gasteiger partial charge is 0.330 e. The van der Waals surface area contributed by atoms with Crippen LogP contribution >= 0.6 is 0 Å². The third-order valence-electron chi connectivity index (χ3n) is 4.57. The Kier molecular flexibility index (Phi) is 4.47. The Morgan fingerprint density at radius 1 is 1.00 bits per heavy atom. The minimum Gasteiger partial charge on any atom is -0.323 e. The van der Waals surface area contributed by atoms with Crippen molar-refractivity contribution < 1.29 is 4.79 Å². The third kappa shape index (κ3) is 3.29. The van der Waals surface area contributed by atoms with Crippen LogP contribution in [0.3, 0.4) is 0 Å². The second-order valence-electron chi connectivity index (χ2n) is 6.50. The maximum absolute atomic E-state index is 12.6. The number of nitrogens with zero attached hydrogens (tertiary/aromatic N) is 2. The summed E-state index contributed by atoms with van der Waals surface area (Å²) in [6, 6.07) is 13.4. The van der Waals surface area contributed by atoms with Crippen LogP contribution in [0, 0.1) is 6.92 Å². The first-order valence-electron chi connectivity index (χ1n) is 8.84. The number of hydrogen-bond acceptors (Lipinski definition) is 4. The maximum Gasteiger partial charge on any atom is 0.330 e. The molecular formula is C20H17N5O4. The summed E-state index contributed by atoms with van der Waals surface area (Å²) in [5.74, 6) is -0.568. The van der Waals surface area contributed by atoms with Gasteiger partial charge in [-0.15, -0.1) is 0 Å². The van der Waals surface area contributed by atoms with E-state index in [2.05, 4.69) is 15.3 Å². The normalized spacial score (nSPS) is 10.9. The van der Waals surface area contributed by atoms with Crippen LogP contribution in [-0.4, -0.2) is 25.0 Å². The first-order chi connectivity index (χ1) is 14.0. The molecule has 9 heteroatoms. The summed E-state index contributed by atoms with van der Waals surface area (Å²) in [6.07, 6.45) is 1.56. The van der Waals surface area contributed by atoms with Crippen molar-refractivity contribution in [2.75, 3.05) is 5.32 Å². The van der Waals surface area contributed by atoms with Gasteiger partial charge in [-0.2, -0.15) is 0 Å². The lowest BCUT2D eigenvalue weighted by Crippen LogP contribution is -2.38. The van der Waals surface area contributed by atoms with E-state index in [1.165, 1.54) is 4.57 Å². The number of aromatic amines is 2. The van der Waals surface area contributed by atoms with Crippen LogP contribution in [0.5, 0.6) is 0 Å². The van der Waals surface area contributed by atoms with Crippen LogP contribution in [0.1, 0.15) is 5.69 Å². The Morgan fingerprint density at radius 2 is 1.72 bits per heavy atom. The second-order valence-corrected chi connectivity index (χ2v) is 6.50. The summed E-state index contributed by atoms with van der Waals surface area (Å²) < 4.78 is 2.26. The zero-order valence-electron chi connectivity index (χ0n) is 15.4. The van der Waals surface area contributed by atoms with E-state index in [-0.39, 0.29) is 5.69 Å². The third-order valence-corrected chi connectivity index (χ3v) is 4.57. The Balaban J connectivity index is 1.68. The van der Waals surface area contributed by atoms with E-state index >= 15 is 0 Å². The molecule has 9 nitrogen and oxygen atoms in total. The molecule has 0 bridgehead atoms. The van der Waals surface area contributed by atoms with Gasteiger partial charge in [-0.05, 0) is 31.2 Å². The fraction of sp³-hybridized carbons (Fsp3) is 0.100. The number of anilines is 1. The van der Waals surface area contributed by atoms with Crippen molar-refractivity contribution in [2.45, 2.75) is 13.5 Å². The molecule has 0 atom stereocenters. The van der Waals surface area contributed by atoms with Gasteiger partial charge in [0.1, 0.15) is 6.54 Å². The fourth-order valence-corrected chi connectivity index (χ4v) is 3.21.